The van der Waals surface area contributed by atoms with Gasteiger partial charge >= 0.3 is 0 Å². The number of aromatic nitrogens is 1. The second kappa shape index (κ2) is 9.38. The molecule has 0 aliphatic carbocycles. The minimum absolute atomic E-state index is 0.196. The van der Waals surface area contributed by atoms with Crippen LogP contribution in [0.5, 0.6) is 5.75 Å². The van der Waals surface area contributed by atoms with Crippen LogP contribution in [0.3, 0.4) is 0 Å². The van der Waals surface area contributed by atoms with E-state index in [2.05, 4.69) is 15.6 Å². The quantitative estimate of drug-likeness (QED) is 0.428. The summed E-state index contributed by atoms with van der Waals surface area (Å²) in [6.07, 6.45) is 1.04. The van der Waals surface area contributed by atoms with Crippen molar-refractivity contribution in [2.24, 2.45) is 0 Å². The number of halogens is 1. The van der Waals surface area contributed by atoms with E-state index < -0.39 is 12.0 Å². The number of hydrogen-bond donors (Lipinski definition) is 2. The van der Waals surface area contributed by atoms with Crippen molar-refractivity contribution in [1.29, 1.82) is 0 Å². The van der Waals surface area contributed by atoms with Crippen LogP contribution in [-0.2, 0) is 4.79 Å². The molecule has 1 aliphatic rings. The maximum atomic E-state index is 13.5. The van der Waals surface area contributed by atoms with Gasteiger partial charge in [0.1, 0.15) is 29.4 Å². The SMILES string of the molecule is CNC(=O)C1c2cc(-c3cccc(C(=O)Nc4ccccn4)c3)ccc2OC1c1ccc(F)cc1. The summed E-state index contributed by atoms with van der Waals surface area (Å²) in [6, 6.07) is 24.1. The maximum absolute atomic E-state index is 13.5. The van der Waals surface area contributed by atoms with Crippen LogP contribution >= 0.6 is 0 Å². The lowest BCUT2D eigenvalue weighted by atomic mass is 9.88. The van der Waals surface area contributed by atoms with Crippen molar-refractivity contribution < 1.29 is 18.7 Å². The van der Waals surface area contributed by atoms with Crippen molar-refractivity contribution in [3.63, 3.8) is 0 Å². The second-order valence-corrected chi connectivity index (χ2v) is 8.18. The van der Waals surface area contributed by atoms with E-state index in [1.54, 1.807) is 55.7 Å². The van der Waals surface area contributed by atoms with E-state index in [0.29, 0.717) is 22.7 Å². The van der Waals surface area contributed by atoms with Gasteiger partial charge < -0.3 is 15.4 Å². The largest absolute Gasteiger partial charge is 0.484 e. The van der Waals surface area contributed by atoms with Gasteiger partial charge in [-0.25, -0.2) is 9.37 Å². The number of carbonyl (C=O) groups excluding carboxylic acids is 2. The highest BCUT2D eigenvalue weighted by Crippen LogP contribution is 2.47. The Hall–Kier alpha value is -4.52. The molecule has 0 spiro atoms. The van der Waals surface area contributed by atoms with Crippen LogP contribution in [0.15, 0.2) is 91.1 Å². The number of hydrogen-bond acceptors (Lipinski definition) is 4. The summed E-state index contributed by atoms with van der Waals surface area (Å²) >= 11 is 0. The van der Waals surface area contributed by atoms with Crippen LogP contribution in [0.2, 0.25) is 0 Å². The summed E-state index contributed by atoms with van der Waals surface area (Å²) < 4.78 is 19.6. The van der Waals surface area contributed by atoms with Crippen molar-refractivity contribution in [2.75, 3.05) is 12.4 Å². The molecule has 0 fully saturated rings. The molecule has 174 valence electrons. The van der Waals surface area contributed by atoms with E-state index in [0.717, 1.165) is 16.7 Å². The zero-order chi connectivity index (χ0) is 24.4. The number of nitrogens with zero attached hydrogens (tertiary/aromatic N) is 1. The molecule has 2 N–H and O–H groups in total. The fourth-order valence-corrected chi connectivity index (χ4v) is 4.26. The van der Waals surface area contributed by atoms with E-state index in [1.165, 1.54) is 12.1 Å². The number of carbonyl (C=O) groups is 2. The molecule has 7 heteroatoms. The Morgan fingerprint density at radius 3 is 2.46 bits per heavy atom. The molecule has 2 unspecified atom stereocenters. The molecule has 2 amide bonds. The molecule has 1 aromatic heterocycles. The lowest BCUT2D eigenvalue weighted by molar-refractivity contribution is -0.123. The minimum atomic E-state index is -0.601. The molecule has 2 heterocycles. The van der Waals surface area contributed by atoms with Crippen LogP contribution < -0.4 is 15.4 Å². The van der Waals surface area contributed by atoms with E-state index in [9.17, 15) is 14.0 Å². The molecule has 0 saturated carbocycles. The van der Waals surface area contributed by atoms with Gasteiger partial charge in [-0.3, -0.25) is 9.59 Å². The van der Waals surface area contributed by atoms with Crippen molar-refractivity contribution in [3.05, 3.63) is 114 Å². The van der Waals surface area contributed by atoms with Crippen LogP contribution in [-0.4, -0.2) is 23.8 Å². The number of fused-ring (bicyclic) bond motifs is 1. The summed E-state index contributed by atoms with van der Waals surface area (Å²) in [5, 5.41) is 5.50. The lowest BCUT2D eigenvalue weighted by Gasteiger charge is -2.18. The molecule has 0 saturated heterocycles. The third-order valence-electron chi connectivity index (χ3n) is 5.99. The fraction of sp³-hybridized carbons (Fsp3) is 0.107. The topological polar surface area (TPSA) is 80.3 Å². The van der Waals surface area contributed by atoms with E-state index in [4.69, 9.17) is 4.74 Å². The average molecular weight is 468 g/mol. The number of likely N-dealkylation sites (N-methyl/N-ethyl adjacent to an activating group) is 1. The third kappa shape index (κ3) is 4.48. The maximum Gasteiger partial charge on any atom is 0.256 e. The van der Waals surface area contributed by atoms with Gasteiger partial charge in [-0.2, -0.15) is 0 Å². The number of amides is 2. The van der Waals surface area contributed by atoms with Gasteiger partial charge in [0, 0.05) is 24.4 Å². The standard InChI is InChI=1S/C28H22FN3O3/c1-30-28(34)25-22-16-19(10-13-23(22)35-26(25)17-8-11-21(29)12-9-17)18-5-4-6-20(15-18)27(33)32-24-7-2-3-14-31-24/h2-16,25-26H,1H3,(H,30,34)(H,31,32,33). The number of benzene rings is 3. The van der Waals surface area contributed by atoms with Crippen molar-refractivity contribution in [1.82, 2.24) is 10.3 Å². The van der Waals surface area contributed by atoms with Crippen molar-refractivity contribution >= 4 is 17.6 Å². The first-order valence-electron chi connectivity index (χ1n) is 11.1. The van der Waals surface area contributed by atoms with Gasteiger partial charge in [-0.15, -0.1) is 0 Å². The summed E-state index contributed by atoms with van der Waals surface area (Å²) in [5.74, 6) is -0.349. The summed E-state index contributed by atoms with van der Waals surface area (Å²) in [4.78, 5) is 29.7. The molecule has 0 bridgehead atoms. The van der Waals surface area contributed by atoms with Crippen LogP contribution in [0.1, 0.15) is 33.5 Å². The van der Waals surface area contributed by atoms with Crippen molar-refractivity contribution in [2.45, 2.75) is 12.0 Å². The highest BCUT2D eigenvalue weighted by atomic mass is 19.1. The Bertz CT molecular complexity index is 1390. The molecule has 35 heavy (non-hydrogen) atoms. The Morgan fingerprint density at radius 1 is 0.914 bits per heavy atom. The highest BCUT2D eigenvalue weighted by Gasteiger charge is 2.40. The predicted molar refractivity (Wildman–Crippen MR) is 131 cm³/mol. The molecule has 1 aliphatic heterocycles. The smallest absolute Gasteiger partial charge is 0.256 e. The number of pyridine rings is 1. The van der Waals surface area contributed by atoms with Crippen molar-refractivity contribution in [3.8, 4) is 16.9 Å². The van der Waals surface area contributed by atoms with Gasteiger partial charge in [0.25, 0.3) is 5.91 Å². The molecular formula is C28H22FN3O3. The summed E-state index contributed by atoms with van der Waals surface area (Å²) in [5.41, 5.74) is 3.60. The molecule has 5 rings (SSSR count). The fourth-order valence-electron chi connectivity index (χ4n) is 4.26. The second-order valence-electron chi connectivity index (χ2n) is 8.18. The van der Waals surface area contributed by atoms with Gasteiger partial charge in [-0.05, 0) is 65.2 Å². The van der Waals surface area contributed by atoms with Crippen LogP contribution in [0, 0.1) is 5.82 Å². The highest BCUT2D eigenvalue weighted by molar-refractivity contribution is 6.04. The van der Waals surface area contributed by atoms with Crippen LogP contribution in [0.25, 0.3) is 11.1 Å². The number of nitrogens with one attached hydrogen (secondary N) is 2. The molecular weight excluding hydrogens is 445 g/mol. The number of rotatable bonds is 5. The van der Waals surface area contributed by atoms with Gasteiger partial charge in [0.05, 0.1) is 0 Å². The molecule has 3 aromatic carbocycles. The first-order valence-corrected chi connectivity index (χ1v) is 11.1. The normalized spacial score (nSPS) is 16.2. The first kappa shape index (κ1) is 22.3. The van der Waals surface area contributed by atoms with Gasteiger partial charge in [0.2, 0.25) is 5.91 Å². The Kier molecular flexibility index (Phi) is 5.97. The predicted octanol–water partition coefficient (Wildman–Crippen LogP) is 5.10. The van der Waals surface area contributed by atoms with Crippen LogP contribution in [0.4, 0.5) is 10.2 Å². The van der Waals surface area contributed by atoms with E-state index in [-0.39, 0.29) is 17.6 Å². The number of ether oxygens (including phenoxy) is 1. The van der Waals surface area contributed by atoms with Gasteiger partial charge in [0.15, 0.2) is 0 Å². The monoisotopic (exact) mass is 467 g/mol. The molecule has 6 nitrogen and oxygen atoms in total. The Labute approximate surface area is 201 Å². The number of anilines is 1. The molecule has 0 radical (unpaired) electrons. The summed E-state index contributed by atoms with van der Waals surface area (Å²) in [7, 11) is 1.58. The Balaban J connectivity index is 1.47. The van der Waals surface area contributed by atoms with E-state index >= 15 is 0 Å². The zero-order valence-corrected chi connectivity index (χ0v) is 18.9. The Morgan fingerprint density at radius 2 is 1.71 bits per heavy atom. The molecule has 2 atom stereocenters. The molecule has 4 aromatic rings. The summed E-state index contributed by atoms with van der Waals surface area (Å²) in [6.45, 7) is 0. The third-order valence-corrected chi connectivity index (χ3v) is 5.99. The first-order chi connectivity index (χ1) is 17.0. The zero-order valence-electron chi connectivity index (χ0n) is 18.9. The lowest BCUT2D eigenvalue weighted by Crippen LogP contribution is -2.28. The van der Waals surface area contributed by atoms with E-state index in [1.807, 2.05) is 30.3 Å². The minimum Gasteiger partial charge on any atom is -0.484 e. The van der Waals surface area contributed by atoms with Gasteiger partial charge in [-0.1, -0.05) is 36.4 Å². The average Bonchev–Trinajstić information content (AvgIpc) is 3.28.